The van der Waals surface area contributed by atoms with E-state index >= 15 is 0 Å². The van der Waals surface area contributed by atoms with E-state index in [1.807, 2.05) is 60.4 Å². The summed E-state index contributed by atoms with van der Waals surface area (Å²) in [5, 5.41) is 29.6. The molecule has 0 saturated carbocycles. The third-order valence-corrected chi connectivity index (χ3v) is 5.42. The molecule has 4 aromatic rings. The van der Waals surface area contributed by atoms with E-state index in [1.54, 1.807) is 18.5 Å². The Hall–Kier alpha value is -2.71. The minimum Gasteiger partial charge on any atom is -0.366 e. The number of para-hydroxylation sites is 1. The fourth-order valence-corrected chi connectivity index (χ4v) is 3.37. The second kappa shape index (κ2) is 7.85. The number of nitrogens with zero attached hydrogens (tertiary/aromatic N) is 4. The van der Waals surface area contributed by atoms with Crippen molar-refractivity contribution in [3.63, 3.8) is 0 Å². The maximum absolute atomic E-state index is 9.50. The number of halogens is 1. The van der Waals surface area contributed by atoms with Gasteiger partial charge < -0.3 is 14.9 Å². The zero-order chi connectivity index (χ0) is 21.5. The van der Waals surface area contributed by atoms with Gasteiger partial charge in [-0.15, -0.1) is 0 Å². The number of hydrogen-bond donors (Lipinski definition) is 2. The molecule has 0 amide bonds. The predicted octanol–water partition coefficient (Wildman–Crippen LogP) is 3.69. The highest BCUT2D eigenvalue weighted by atomic mass is 35.5. The maximum atomic E-state index is 9.50. The highest BCUT2D eigenvalue weighted by Gasteiger charge is 2.27. The first-order valence-corrected chi connectivity index (χ1v) is 9.90. The molecule has 0 aliphatic heterocycles. The smallest absolute Gasteiger partial charge is 0.180 e. The number of rotatable bonds is 6. The lowest BCUT2D eigenvalue weighted by atomic mass is 10.1. The molecule has 2 heterocycles. The van der Waals surface area contributed by atoms with E-state index < -0.39 is 11.9 Å². The average molecular weight is 427 g/mol. The zero-order valence-corrected chi connectivity index (χ0v) is 17.7. The summed E-state index contributed by atoms with van der Waals surface area (Å²) in [7, 11) is 1.90. The number of aliphatic hydroxyl groups is 2. The number of benzene rings is 2. The zero-order valence-electron chi connectivity index (χ0n) is 17.0. The van der Waals surface area contributed by atoms with Gasteiger partial charge in [-0.1, -0.05) is 35.9 Å². The second-order valence-electron chi connectivity index (χ2n) is 7.69. The Morgan fingerprint density at radius 3 is 2.63 bits per heavy atom. The van der Waals surface area contributed by atoms with Gasteiger partial charge in [0.2, 0.25) is 0 Å². The van der Waals surface area contributed by atoms with Crippen LogP contribution in [-0.4, -0.2) is 41.7 Å². The van der Waals surface area contributed by atoms with E-state index in [1.165, 1.54) is 0 Å². The van der Waals surface area contributed by atoms with Crippen LogP contribution in [0.15, 0.2) is 54.7 Å². The molecule has 0 bridgehead atoms. The van der Waals surface area contributed by atoms with Gasteiger partial charge in [-0.2, -0.15) is 10.2 Å². The molecule has 0 aliphatic rings. The first kappa shape index (κ1) is 20.6. The summed E-state index contributed by atoms with van der Waals surface area (Å²) in [6.45, 7) is 3.34. The summed E-state index contributed by atoms with van der Waals surface area (Å²) in [5.41, 5.74) is 3.05. The molecule has 2 N–H and O–H groups in total. The highest BCUT2D eigenvalue weighted by molar-refractivity contribution is 6.32. The van der Waals surface area contributed by atoms with Gasteiger partial charge in [0, 0.05) is 18.0 Å². The quantitative estimate of drug-likeness (QED) is 0.459. The summed E-state index contributed by atoms with van der Waals surface area (Å²) >= 11 is 6.45. The molecule has 30 heavy (non-hydrogen) atoms. The van der Waals surface area contributed by atoms with Crippen molar-refractivity contribution < 1.29 is 14.9 Å². The van der Waals surface area contributed by atoms with Gasteiger partial charge >= 0.3 is 0 Å². The third-order valence-electron chi connectivity index (χ3n) is 5.10. The first-order chi connectivity index (χ1) is 14.3. The van der Waals surface area contributed by atoms with Gasteiger partial charge in [0.15, 0.2) is 6.29 Å². The van der Waals surface area contributed by atoms with Crippen LogP contribution in [0.4, 0.5) is 0 Å². The number of hydrogen-bond acceptors (Lipinski definition) is 5. The van der Waals surface area contributed by atoms with Crippen LogP contribution in [0, 0.1) is 0 Å². The van der Waals surface area contributed by atoms with Crippen molar-refractivity contribution in [3.8, 4) is 16.9 Å². The Morgan fingerprint density at radius 2 is 1.90 bits per heavy atom. The molecular formula is C22H23ClN4O3. The number of ether oxygens (including phenoxy) is 1. The van der Waals surface area contributed by atoms with Crippen LogP contribution in [0.2, 0.25) is 5.02 Å². The van der Waals surface area contributed by atoms with E-state index in [9.17, 15) is 10.2 Å². The van der Waals surface area contributed by atoms with Crippen LogP contribution < -0.4 is 0 Å². The van der Waals surface area contributed by atoms with Gasteiger partial charge in [0.1, 0.15) is 5.60 Å². The Morgan fingerprint density at radius 1 is 1.13 bits per heavy atom. The van der Waals surface area contributed by atoms with Crippen molar-refractivity contribution in [1.82, 2.24) is 19.6 Å². The second-order valence-corrected chi connectivity index (χ2v) is 8.10. The van der Waals surface area contributed by atoms with Crippen LogP contribution in [0.25, 0.3) is 27.8 Å². The van der Waals surface area contributed by atoms with Crippen molar-refractivity contribution in [2.24, 2.45) is 7.05 Å². The lowest BCUT2D eigenvalue weighted by molar-refractivity contribution is -0.197. The molecule has 7 nitrogen and oxygen atoms in total. The fourth-order valence-electron chi connectivity index (χ4n) is 3.15. The fraction of sp³-hybridized carbons (Fsp3) is 0.273. The average Bonchev–Trinajstić information content (AvgIpc) is 3.30. The molecule has 0 atom stereocenters. The molecule has 0 aliphatic carbocycles. The highest BCUT2D eigenvalue weighted by Crippen LogP contribution is 2.30. The molecular weight excluding hydrogens is 404 g/mol. The topological polar surface area (TPSA) is 85.3 Å². The summed E-state index contributed by atoms with van der Waals surface area (Å²) in [6.07, 6.45) is 0.223. The molecule has 156 valence electrons. The van der Waals surface area contributed by atoms with Crippen LogP contribution in [0.1, 0.15) is 19.5 Å². The van der Waals surface area contributed by atoms with Gasteiger partial charge in [-0.05, 0) is 38.1 Å². The molecule has 0 spiro atoms. The van der Waals surface area contributed by atoms with Crippen molar-refractivity contribution in [1.29, 1.82) is 0 Å². The van der Waals surface area contributed by atoms with Gasteiger partial charge in [0.05, 0.1) is 40.4 Å². The van der Waals surface area contributed by atoms with E-state index in [4.69, 9.17) is 21.4 Å². The minimum absolute atomic E-state index is 0.114. The van der Waals surface area contributed by atoms with E-state index in [-0.39, 0.29) is 6.61 Å². The molecule has 0 radical (unpaired) electrons. The number of aliphatic hydroxyl groups excluding tert-OH is 1. The standard InChI is InChI=1S/C22H23ClN4O3/c1-22(2,21(28)29)30-13-16-11-20(27(25-16)18-7-5-4-6-17(18)23)14-8-9-15-12-24-26(3)19(15)10-14/h4-12,21,28-29H,13H2,1-3H3. The third kappa shape index (κ3) is 3.85. The predicted molar refractivity (Wildman–Crippen MR) is 115 cm³/mol. The normalized spacial score (nSPS) is 12.2. The lowest BCUT2D eigenvalue weighted by Gasteiger charge is -2.26. The van der Waals surface area contributed by atoms with Crippen LogP contribution in [0.5, 0.6) is 0 Å². The van der Waals surface area contributed by atoms with Crippen LogP contribution in [0.3, 0.4) is 0 Å². The van der Waals surface area contributed by atoms with E-state index in [0.29, 0.717) is 10.7 Å². The summed E-state index contributed by atoms with van der Waals surface area (Å²) in [6, 6.07) is 15.5. The van der Waals surface area contributed by atoms with Crippen LogP contribution >= 0.6 is 11.6 Å². The maximum Gasteiger partial charge on any atom is 0.180 e. The molecule has 2 aromatic heterocycles. The number of aryl methyl sites for hydroxylation is 1. The van der Waals surface area contributed by atoms with Crippen molar-refractivity contribution >= 4 is 22.5 Å². The summed E-state index contributed by atoms with van der Waals surface area (Å²) < 4.78 is 9.30. The first-order valence-electron chi connectivity index (χ1n) is 9.52. The van der Waals surface area contributed by atoms with Crippen molar-refractivity contribution in [2.75, 3.05) is 0 Å². The molecule has 8 heteroatoms. The largest absolute Gasteiger partial charge is 0.366 e. The SMILES string of the molecule is Cn1ncc2ccc(-c3cc(COC(C)(C)C(O)O)nn3-c3ccccc3Cl)cc21. The molecule has 0 fully saturated rings. The van der Waals surface area contributed by atoms with Gasteiger partial charge in [-0.25, -0.2) is 4.68 Å². The monoisotopic (exact) mass is 426 g/mol. The Balaban J connectivity index is 1.80. The van der Waals surface area contributed by atoms with E-state index in [0.717, 1.165) is 27.8 Å². The minimum atomic E-state index is -1.60. The Labute approximate surface area is 179 Å². The molecule has 0 saturated heterocycles. The molecule has 0 unspecified atom stereocenters. The Bertz CT molecular complexity index is 1200. The van der Waals surface area contributed by atoms with Gasteiger partial charge in [0.25, 0.3) is 0 Å². The summed E-state index contributed by atoms with van der Waals surface area (Å²) in [5.74, 6) is 0. The van der Waals surface area contributed by atoms with Crippen molar-refractivity contribution in [3.05, 3.63) is 65.4 Å². The Kier molecular flexibility index (Phi) is 5.38. The number of fused-ring (bicyclic) bond motifs is 1. The van der Waals surface area contributed by atoms with Gasteiger partial charge in [-0.3, -0.25) is 4.68 Å². The van der Waals surface area contributed by atoms with E-state index in [2.05, 4.69) is 11.2 Å². The van der Waals surface area contributed by atoms with Crippen molar-refractivity contribution in [2.45, 2.75) is 32.3 Å². The lowest BCUT2D eigenvalue weighted by Crippen LogP contribution is -2.38. The number of aromatic nitrogens is 4. The summed E-state index contributed by atoms with van der Waals surface area (Å²) in [4.78, 5) is 0. The molecule has 2 aromatic carbocycles. The van der Waals surface area contributed by atoms with Crippen LogP contribution in [-0.2, 0) is 18.4 Å². The molecule has 4 rings (SSSR count).